The van der Waals surface area contributed by atoms with Crippen LogP contribution in [0.3, 0.4) is 0 Å². The van der Waals surface area contributed by atoms with Gasteiger partial charge in [0.2, 0.25) is 0 Å². The van der Waals surface area contributed by atoms with E-state index in [9.17, 15) is 0 Å². The number of guanidine groups is 1. The molecular formula is C16H32IN3O. The van der Waals surface area contributed by atoms with Gasteiger partial charge in [0.1, 0.15) is 0 Å². The van der Waals surface area contributed by atoms with Gasteiger partial charge in [-0.15, -0.1) is 24.0 Å². The second-order valence-electron chi connectivity index (χ2n) is 7.20. The van der Waals surface area contributed by atoms with Gasteiger partial charge in [-0.1, -0.05) is 20.8 Å². The smallest absolute Gasteiger partial charge is 0.191 e. The third-order valence-corrected chi connectivity index (χ3v) is 4.04. The van der Waals surface area contributed by atoms with Crippen LogP contribution in [0.1, 0.15) is 53.4 Å². The summed E-state index contributed by atoms with van der Waals surface area (Å²) in [5.41, 5.74) is 0.197. The summed E-state index contributed by atoms with van der Waals surface area (Å²) in [5.74, 6) is 1.52. The van der Waals surface area contributed by atoms with Crippen molar-refractivity contribution in [3.63, 3.8) is 0 Å². The maximum Gasteiger partial charge on any atom is 0.191 e. The van der Waals surface area contributed by atoms with E-state index < -0.39 is 0 Å². The molecule has 2 atom stereocenters. The molecule has 4 nitrogen and oxygen atoms in total. The van der Waals surface area contributed by atoms with Crippen molar-refractivity contribution in [3.05, 3.63) is 0 Å². The first-order chi connectivity index (χ1) is 9.50. The minimum absolute atomic E-state index is 0. The lowest BCUT2D eigenvalue weighted by atomic mass is 9.78. The summed E-state index contributed by atoms with van der Waals surface area (Å²) >= 11 is 0. The average Bonchev–Trinajstić information content (AvgIpc) is 3.19. The molecule has 1 heterocycles. The van der Waals surface area contributed by atoms with Crippen molar-refractivity contribution in [3.8, 4) is 0 Å². The lowest BCUT2D eigenvalue weighted by molar-refractivity contribution is -0.0823. The van der Waals surface area contributed by atoms with E-state index in [1.54, 1.807) is 0 Å². The van der Waals surface area contributed by atoms with Crippen molar-refractivity contribution in [1.29, 1.82) is 0 Å². The lowest BCUT2D eigenvalue weighted by Crippen LogP contribution is -2.43. The molecular weight excluding hydrogens is 377 g/mol. The van der Waals surface area contributed by atoms with Crippen LogP contribution in [-0.4, -0.2) is 37.8 Å². The van der Waals surface area contributed by atoms with Crippen molar-refractivity contribution in [2.45, 2.75) is 65.5 Å². The summed E-state index contributed by atoms with van der Waals surface area (Å²) in [5, 5.41) is 6.83. The Morgan fingerprint density at radius 2 is 1.95 bits per heavy atom. The fraction of sp³-hybridized carbons (Fsp3) is 0.938. The first-order valence-corrected chi connectivity index (χ1v) is 8.17. The summed E-state index contributed by atoms with van der Waals surface area (Å²) in [4.78, 5) is 4.80. The molecule has 2 fully saturated rings. The molecule has 2 rings (SSSR count). The number of hydrogen-bond acceptors (Lipinski definition) is 2. The number of nitrogens with one attached hydrogen (secondary N) is 2. The molecule has 0 aromatic rings. The molecule has 0 aromatic carbocycles. The summed E-state index contributed by atoms with van der Waals surface area (Å²) in [6.07, 6.45) is 5.28. The van der Waals surface area contributed by atoms with Gasteiger partial charge in [0.05, 0.1) is 6.10 Å². The molecule has 1 aliphatic heterocycles. The van der Waals surface area contributed by atoms with Crippen molar-refractivity contribution >= 4 is 29.9 Å². The molecule has 2 aliphatic rings. The molecule has 0 radical (unpaired) electrons. The number of aliphatic imine (C=N–C) groups is 1. The zero-order chi connectivity index (χ0) is 14.6. The van der Waals surface area contributed by atoms with Gasteiger partial charge in [-0.2, -0.15) is 0 Å². The monoisotopic (exact) mass is 409 g/mol. The van der Waals surface area contributed by atoms with E-state index in [-0.39, 0.29) is 29.4 Å². The largest absolute Gasteiger partial charge is 0.377 e. The Hall–Kier alpha value is -0.0400. The first-order valence-electron chi connectivity index (χ1n) is 8.17. The maximum atomic E-state index is 6.03. The molecule has 0 amide bonds. The van der Waals surface area contributed by atoms with Crippen LogP contribution in [0.5, 0.6) is 0 Å². The molecule has 2 unspecified atom stereocenters. The number of rotatable bonds is 4. The van der Waals surface area contributed by atoms with Crippen LogP contribution >= 0.6 is 24.0 Å². The van der Waals surface area contributed by atoms with Gasteiger partial charge < -0.3 is 15.4 Å². The average molecular weight is 409 g/mol. The maximum absolute atomic E-state index is 6.03. The summed E-state index contributed by atoms with van der Waals surface area (Å²) in [6, 6.07) is 0.647. The molecule has 0 bridgehead atoms. The Morgan fingerprint density at radius 3 is 2.52 bits per heavy atom. The quantitative estimate of drug-likeness (QED) is 0.426. The van der Waals surface area contributed by atoms with Gasteiger partial charge in [0.15, 0.2) is 5.96 Å². The standard InChI is InChI=1S/C16H31N3O.HI/c1-5-17-15(19-13-8-9-13)18-11-12-7-6-10-20-14(12)16(2,3)4;/h12-14H,5-11H2,1-4H3,(H2,17,18,19);1H. The van der Waals surface area contributed by atoms with E-state index >= 15 is 0 Å². The predicted molar refractivity (Wildman–Crippen MR) is 99.5 cm³/mol. The van der Waals surface area contributed by atoms with Gasteiger partial charge in [-0.05, 0) is 38.0 Å². The number of halogens is 1. The third kappa shape index (κ3) is 6.30. The lowest BCUT2D eigenvalue weighted by Gasteiger charge is -2.39. The summed E-state index contributed by atoms with van der Waals surface area (Å²) < 4.78 is 6.03. The van der Waals surface area contributed by atoms with Crippen molar-refractivity contribution in [2.24, 2.45) is 16.3 Å². The van der Waals surface area contributed by atoms with Crippen LogP contribution in [0.2, 0.25) is 0 Å². The Kier molecular flexibility index (Phi) is 7.74. The molecule has 2 N–H and O–H groups in total. The van der Waals surface area contributed by atoms with E-state index in [0.29, 0.717) is 18.1 Å². The zero-order valence-corrected chi connectivity index (χ0v) is 16.3. The van der Waals surface area contributed by atoms with Gasteiger partial charge in [-0.25, -0.2) is 0 Å². The molecule has 1 aliphatic carbocycles. The van der Waals surface area contributed by atoms with Crippen LogP contribution in [-0.2, 0) is 4.74 Å². The van der Waals surface area contributed by atoms with Gasteiger partial charge in [0.25, 0.3) is 0 Å². The highest BCUT2D eigenvalue weighted by Gasteiger charge is 2.35. The summed E-state index contributed by atoms with van der Waals surface area (Å²) in [7, 11) is 0. The molecule has 0 aromatic heterocycles. The predicted octanol–water partition coefficient (Wildman–Crippen LogP) is 3.16. The van der Waals surface area contributed by atoms with E-state index in [0.717, 1.165) is 25.7 Å². The first kappa shape index (κ1) is 19.0. The fourth-order valence-electron chi connectivity index (χ4n) is 2.94. The van der Waals surface area contributed by atoms with Crippen molar-refractivity contribution < 1.29 is 4.74 Å². The molecule has 5 heteroatoms. The van der Waals surface area contributed by atoms with E-state index in [4.69, 9.17) is 9.73 Å². The zero-order valence-electron chi connectivity index (χ0n) is 13.9. The SMILES string of the molecule is CCNC(=NCC1CCCOC1C(C)(C)C)NC1CC1.I. The van der Waals surface area contributed by atoms with E-state index in [1.807, 2.05) is 0 Å². The second kappa shape index (κ2) is 8.56. The second-order valence-corrected chi connectivity index (χ2v) is 7.20. The van der Waals surface area contributed by atoms with Crippen LogP contribution in [0, 0.1) is 11.3 Å². The van der Waals surface area contributed by atoms with Crippen molar-refractivity contribution in [1.82, 2.24) is 10.6 Å². The normalized spacial score (nSPS) is 27.0. The molecule has 1 saturated heterocycles. The van der Waals surface area contributed by atoms with E-state index in [1.165, 1.54) is 25.7 Å². The van der Waals surface area contributed by atoms with Crippen LogP contribution in [0.25, 0.3) is 0 Å². The van der Waals surface area contributed by atoms with E-state index in [2.05, 4.69) is 38.3 Å². The Bertz CT molecular complexity index is 337. The topological polar surface area (TPSA) is 45.7 Å². The molecule has 1 saturated carbocycles. The van der Waals surface area contributed by atoms with Crippen LogP contribution in [0.4, 0.5) is 0 Å². The van der Waals surface area contributed by atoms with Crippen molar-refractivity contribution in [2.75, 3.05) is 19.7 Å². The van der Waals surface area contributed by atoms with Crippen LogP contribution < -0.4 is 10.6 Å². The Labute approximate surface area is 146 Å². The third-order valence-electron chi connectivity index (χ3n) is 4.04. The number of ether oxygens (including phenoxy) is 1. The fourth-order valence-corrected chi connectivity index (χ4v) is 2.94. The molecule has 124 valence electrons. The van der Waals surface area contributed by atoms with Gasteiger partial charge in [0, 0.05) is 31.7 Å². The molecule has 21 heavy (non-hydrogen) atoms. The van der Waals surface area contributed by atoms with Gasteiger partial charge >= 0.3 is 0 Å². The van der Waals surface area contributed by atoms with Crippen LogP contribution in [0.15, 0.2) is 4.99 Å². The number of hydrogen-bond donors (Lipinski definition) is 2. The molecule has 0 spiro atoms. The van der Waals surface area contributed by atoms with Gasteiger partial charge in [-0.3, -0.25) is 4.99 Å². The Morgan fingerprint density at radius 1 is 1.24 bits per heavy atom. The minimum Gasteiger partial charge on any atom is -0.377 e. The Balaban J connectivity index is 0.00000220. The highest BCUT2D eigenvalue weighted by Crippen LogP contribution is 2.34. The number of nitrogens with zero attached hydrogens (tertiary/aromatic N) is 1. The minimum atomic E-state index is 0. The highest BCUT2D eigenvalue weighted by atomic mass is 127. The highest BCUT2D eigenvalue weighted by molar-refractivity contribution is 14.0. The summed E-state index contributed by atoms with van der Waals surface area (Å²) in [6.45, 7) is 11.6.